The molecule has 4 rings (SSSR count). The number of benzene rings is 2. The zero-order valence-electron chi connectivity index (χ0n) is 13.9. The molecule has 7 heteroatoms. The molecule has 0 saturated carbocycles. The number of nitrogens with one attached hydrogen (secondary N) is 1. The standard InChI is InChI=1S/C19H15ClN4O2/c1-26-18(25)15-16(12-5-3-2-4-6-12)23-19-21-11-22-24(19)17(15)13-7-9-14(20)10-8-13/h2-11,17H,1H3,(H,21,22,23)/t17-/m1/s1. The smallest absolute Gasteiger partial charge is 0.338 e. The third-order valence-electron chi connectivity index (χ3n) is 4.25. The number of halogens is 1. The Morgan fingerprint density at radius 1 is 1.15 bits per heavy atom. The Hall–Kier alpha value is -3.12. The van der Waals surface area contributed by atoms with Gasteiger partial charge in [-0.05, 0) is 23.3 Å². The second-order valence-electron chi connectivity index (χ2n) is 5.75. The van der Waals surface area contributed by atoms with E-state index in [-0.39, 0.29) is 0 Å². The summed E-state index contributed by atoms with van der Waals surface area (Å²) in [6.07, 6.45) is 1.45. The van der Waals surface area contributed by atoms with Gasteiger partial charge in [-0.15, -0.1) is 0 Å². The highest BCUT2D eigenvalue weighted by Gasteiger charge is 2.35. The molecule has 0 fully saturated rings. The lowest BCUT2D eigenvalue weighted by atomic mass is 9.93. The van der Waals surface area contributed by atoms with E-state index in [4.69, 9.17) is 16.3 Å². The van der Waals surface area contributed by atoms with Gasteiger partial charge in [0, 0.05) is 5.02 Å². The van der Waals surface area contributed by atoms with Crippen LogP contribution in [0.4, 0.5) is 5.95 Å². The van der Waals surface area contributed by atoms with Crippen LogP contribution in [0.25, 0.3) is 5.70 Å². The fourth-order valence-electron chi connectivity index (χ4n) is 3.08. The number of methoxy groups -OCH3 is 1. The number of hydrogen-bond donors (Lipinski definition) is 1. The van der Waals surface area contributed by atoms with Gasteiger partial charge in [-0.25, -0.2) is 9.48 Å². The van der Waals surface area contributed by atoms with Crippen molar-refractivity contribution in [3.63, 3.8) is 0 Å². The molecule has 1 aliphatic heterocycles. The summed E-state index contributed by atoms with van der Waals surface area (Å²) in [7, 11) is 1.37. The molecule has 2 aromatic carbocycles. The lowest BCUT2D eigenvalue weighted by Gasteiger charge is -2.29. The van der Waals surface area contributed by atoms with Crippen molar-refractivity contribution in [2.45, 2.75) is 6.04 Å². The highest BCUT2D eigenvalue weighted by atomic mass is 35.5. The highest BCUT2D eigenvalue weighted by molar-refractivity contribution is 6.30. The molecule has 0 amide bonds. The number of esters is 1. The van der Waals surface area contributed by atoms with Gasteiger partial charge in [-0.1, -0.05) is 54.1 Å². The van der Waals surface area contributed by atoms with E-state index < -0.39 is 12.0 Å². The molecule has 1 atom stereocenters. The number of carbonyl (C=O) groups excluding carboxylic acids is 1. The van der Waals surface area contributed by atoms with Crippen LogP contribution in [0.5, 0.6) is 0 Å². The SMILES string of the molecule is COC(=O)C1=C(c2ccccc2)Nc2ncnn2[C@@H]1c1ccc(Cl)cc1. The van der Waals surface area contributed by atoms with Crippen LogP contribution < -0.4 is 5.32 Å². The molecule has 0 unspecified atom stereocenters. The molecule has 0 spiro atoms. The van der Waals surface area contributed by atoms with Crippen LogP contribution in [0.3, 0.4) is 0 Å². The van der Waals surface area contributed by atoms with Crippen molar-refractivity contribution in [1.82, 2.24) is 14.8 Å². The average Bonchev–Trinajstić information content (AvgIpc) is 3.16. The van der Waals surface area contributed by atoms with Gasteiger partial charge >= 0.3 is 5.97 Å². The zero-order chi connectivity index (χ0) is 18.1. The van der Waals surface area contributed by atoms with E-state index in [1.807, 2.05) is 42.5 Å². The van der Waals surface area contributed by atoms with Gasteiger partial charge in [0.1, 0.15) is 12.4 Å². The first-order chi connectivity index (χ1) is 12.7. The number of rotatable bonds is 3. The maximum absolute atomic E-state index is 12.7. The van der Waals surface area contributed by atoms with E-state index >= 15 is 0 Å². The zero-order valence-corrected chi connectivity index (χ0v) is 14.6. The van der Waals surface area contributed by atoms with E-state index in [9.17, 15) is 4.79 Å². The Morgan fingerprint density at radius 2 is 1.88 bits per heavy atom. The van der Waals surface area contributed by atoms with Gasteiger partial charge < -0.3 is 10.1 Å². The molecule has 0 bridgehead atoms. The Labute approximate surface area is 155 Å². The maximum Gasteiger partial charge on any atom is 0.338 e. The second-order valence-corrected chi connectivity index (χ2v) is 6.19. The fraction of sp³-hybridized carbons (Fsp3) is 0.105. The van der Waals surface area contributed by atoms with E-state index in [2.05, 4.69) is 15.4 Å². The van der Waals surface area contributed by atoms with Gasteiger partial charge in [-0.2, -0.15) is 10.1 Å². The van der Waals surface area contributed by atoms with Gasteiger partial charge in [0.15, 0.2) is 0 Å². The number of fused-ring (bicyclic) bond motifs is 1. The van der Waals surface area contributed by atoms with Gasteiger partial charge in [0.2, 0.25) is 5.95 Å². The number of nitrogens with zero attached hydrogens (tertiary/aromatic N) is 3. The minimum atomic E-state index is -0.478. The average molecular weight is 367 g/mol. The minimum Gasteiger partial charge on any atom is -0.466 e. The summed E-state index contributed by atoms with van der Waals surface area (Å²) in [5, 5.41) is 8.13. The summed E-state index contributed by atoms with van der Waals surface area (Å²) >= 11 is 6.03. The van der Waals surface area contributed by atoms with Crippen molar-refractivity contribution < 1.29 is 9.53 Å². The number of anilines is 1. The summed E-state index contributed by atoms with van der Waals surface area (Å²) in [4.78, 5) is 17.0. The van der Waals surface area contributed by atoms with E-state index in [1.165, 1.54) is 13.4 Å². The molecule has 6 nitrogen and oxygen atoms in total. The normalized spacial score (nSPS) is 16.0. The summed E-state index contributed by atoms with van der Waals surface area (Å²) in [5.74, 6) is 0.119. The number of aromatic nitrogens is 3. The summed E-state index contributed by atoms with van der Waals surface area (Å²) in [6.45, 7) is 0. The van der Waals surface area contributed by atoms with Crippen LogP contribution in [0.15, 0.2) is 66.5 Å². The van der Waals surface area contributed by atoms with Gasteiger partial charge in [-0.3, -0.25) is 0 Å². The topological polar surface area (TPSA) is 69.0 Å². The summed E-state index contributed by atoms with van der Waals surface area (Å²) in [5.41, 5.74) is 2.83. The van der Waals surface area contributed by atoms with Gasteiger partial charge in [0.25, 0.3) is 0 Å². The van der Waals surface area contributed by atoms with Crippen molar-refractivity contribution in [2.75, 3.05) is 12.4 Å². The molecule has 0 aliphatic carbocycles. The molecule has 130 valence electrons. The van der Waals surface area contributed by atoms with Crippen LogP contribution in [0, 0.1) is 0 Å². The van der Waals surface area contributed by atoms with E-state index in [1.54, 1.807) is 16.8 Å². The first kappa shape index (κ1) is 16.4. The first-order valence-corrected chi connectivity index (χ1v) is 8.36. The van der Waals surface area contributed by atoms with Crippen molar-refractivity contribution in [3.05, 3.63) is 82.6 Å². The third kappa shape index (κ3) is 2.74. The monoisotopic (exact) mass is 366 g/mol. The number of hydrogen-bond acceptors (Lipinski definition) is 5. The molecular weight excluding hydrogens is 352 g/mol. The Kier molecular flexibility index (Phi) is 4.18. The fourth-order valence-corrected chi connectivity index (χ4v) is 3.20. The summed E-state index contributed by atoms with van der Waals surface area (Å²) in [6, 6.07) is 16.4. The quantitative estimate of drug-likeness (QED) is 0.718. The molecule has 1 aliphatic rings. The minimum absolute atomic E-state index is 0.433. The molecule has 0 radical (unpaired) electrons. The van der Waals surface area contributed by atoms with E-state index in [0.29, 0.717) is 22.2 Å². The molecule has 1 aromatic heterocycles. The van der Waals surface area contributed by atoms with Gasteiger partial charge in [0.05, 0.1) is 18.4 Å². The number of ether oxygens (including phenoxy) is 1. The van der Waals surface area contributed by atoms with Crippen LogP contribution in [-0.4, -0.2) is 27.8 Å². The summed E-state index contributed by atoms with van der Waals surface area (Å²) < 4.78 is 6.75. The van der Waals surface area contributed by atoms with Crippen LogP contribution in [0.1, 0.15) is 17.2 Å². The molecule has 26 heavy (non-hydrogen) atoms. The molecule has 3 aromatic rings. The molecular formula is C19H15ClN4O2. The maximum atomic E-state index is 12.7. The molecule has 2 heterocycles. The first-order valence-electron chi connectivity index (χ1n) is 7.99. The van der Waals surface area contributed by atoms with Crippen LogP contribution >= 0.6 is 11.6 Å². The van der Waals surface area contributed by atoms with E-state index in [0.717, 1.165) is 11.1 Å². The van der Waals surface area contributed by atoms with Crippen LogP contribution in [0.2, 0.25) is 5.02 Å². The predicted molar refractivity (Wildman–Crippen MR) is 98.6 cm³/mol. The largest absolute Gasteiger partial charge is 0.466 e. The van der Waals surface area contributed by atoms with Crippen molar-refractivity contribution in [1.29, 1.82) is 0 Å². The van der Waals surface area contributed by atoms with Crippen LogP contribution in [-0.2, 0) is 9.53 Å². The molecule has 0 saturated heterocycles. The Bertz CT molecular complexity index is 980. The second kappa shape index (κ2) is 6.65. The highest BCUT2D eigenvalue weighted by Crippen LogP contribution is 2.38. The van der Waals surface area contributed by atoms with Crippen molar-refractivity contribution in [2.24, 2.45) is 0 Å². The lowest BCUT2D eigenvalue weighted by Crippen LogP contribution is -2.29. The van der Waals surface area contributed by atoms with Crippen molar-refractivity contribution >= 4 is 29.2 Å². The third-order valence-corrected chi connectivity index (χ3v) is 4.50. The lowest BCUT2D eigenvalue weighted by molar-refractivity contribution is -0.136. The number of carbonyl (C=O) groups is 1. The Balaban J connectivity index is 1.97. The Morgan fingerprint density at radius 3 is 2.58 bits per heavy atom. The van der Waals surface area contributed by atoms with Crippen molar-refractivity contribution in [3.8, 4) is 0 Å². The predicted octanol–water partition coefficient (Wildman–Crippen LogP) is 3.53. The molecule has 1 N–H and O–H groups in total.